The van der Waals surface area contributed by atoms with Gasteiger partial charge in [0.25, 0.3) is 6.20 Å². The summed E-state index contributed by atoms with van der Waals surface area (Å²) in [5, 5.41) is 24.9. The van der Waals surface area contributed by atoms with E-state index >= 15 is 0 Å². The number of aromatic nitrogens is 2. The number of nitrogens with zero attached hydrogens (tertiary/aromatic N) is 7. The molecule has 15 nitrogen and oxygen atoms in total. The van der Waals surface area contributed by atoms with Crippen LogP contribution in [0.15, 0.2) is 35.9 Å². The van der Waals surface area contributed by atoms with E-state index in [0.29, 0.717) is 53.7 Å². The van der Waals surface area contributed by atoms with Crippen LogP contribution in [-0.2, 0) is 27.4 Å². The molecule has 0 spiro atoms. The van der Waals surface area contributed by atoms with Crippen LogP contribution in [0.4, 0.5) is 0 Å². The molecule has 6 rings (SSSR count). The van der Waals surface area contributed by atoms with E-state index in [1.807, 2.05) is 4.90 Å². The van der Waals surface area contributed by atoms with Crippen LogP contribution in [0.5, 0.6) is 0 Å². The molecule has 6 heterocycles. The highest BCUT2D eigenvalue weighted by Gasteiger charge is 2.48. The summed E-state index contributed by atoms with van der Waals surface area (Å²) in [6.07, 6.45) is 10.0. The number of aldehydes is 2. The minimum Gasteiger partial charge on any atom is -0.365 e. The molecule has 0 saturated carbocycles. The lowest BCUT2D eigenvalue weighted by Gasteiger charge is -2.41. The highest BCUT2D eigenvalue weighted by molar-refractivity contribution is 7.16. The predicted octanol–water partition coefficient (Wildman–Crippen LogP) is 4.74. The van der Waals surface area contributed by atoms with Crippen LogP contribution in [0, 0.1) is 20.2 Å². The van der Waals surface area contributed by atoms with Gasteiger partial charge in [-0.2, -0.15) is 0 Å². The average Bonchev–Trinajstić information content (AvgIpc) is 3.80. The van der Waals surface area contributed by atoms with E-state index < -0.39 is 4.92 Å². The van der Waals surface area contributed by atoms with Crippen molar-refractivity contribution in [3.8, 4) is 0 Å². The topological polar surface area (TPSA) is 177 Å². The summed E-state index contributed by atoms with van der Waals surface area (Å²) in [4.78, 5) is 56.4. The van der Waals surface area contributed by atoms with Gasteiger partial charge in [0.1, 0.15) is 18.8 Å². The highest BCUT2D eigenvalue weighted by Crippen LogP contribution is 2.40. The van der Waals surface area contributed by atoms with Gasteiger partial charge in [-0.15, -0.1) is 22.7 Å². The second-order valence-corrected chi connectivity index (χ2v) is 13.6. The molecule has 0 unspecified atom stereocenters. The van der Waals surface area contributed by atoms with Crippen molar-refractivity contribution in [2.24, 2.45) is 0 Å². The second-order valence-electron chi connectivity index (χ2n) is 10.2. The maximum atomic E-state index is 11.6. The van der Waals surface area contributed by atoms with E-state index in [4.69, 9.17) is 27.9 Å². The molecule has 0 aliphatic carbocycles. The van der Waals surface area contributed by atoms with Crippen molar-refractivity contribution < 1.29 is 24.2 Å². The van der Waals surface area contributed by atoms with Gasteiger partial charge in [-0.05, 0) is 25.7 Å². The van der Waals surface area contributed by atoms with Gasteiger partial charge < -0.3 is 34.3 Å². The molecule has 1 N–H and O–H groups in total. The number of ether oxygens (including phenoxy) is 1. The lowest BCUT2D eigenvalue weighted by molar-refractivity contribution is -0.448. The van der Waals surface area contributed by atoms with Gasteiger partial charge in [0.05, 0.1) is 22.9 Å². The summed E-state index contributed by atoms with van der Waals surface area (Å²) < 4.78 is 6.87. The Morgan fingerprint density at radius 1 is 0.978 bits per heavy atom. The van der Waals surface area contributed by atoms with Crippen LogP contribution < -0.4 is 5.32 Å². The third kappa shape index (κ3) is 10.1. The molecule has 3 saturated heterocycles. The summed E-state index contributed by atoms with van der Waals surface area (Å²) in [6, 6.07) is 0. The van der Waals surface area contributed by atoms with Gasteiger partial charge in [0.15, 0.2) is 26.7 Å². The Labute approximate surface area is 284 Å². The molecule has 2 aromatic rings. The van der Waals surface area contributed by atoms with Gasteiger partial charge in [-0.25, -0.2) is 9.97 Å². The fourth-order valence-electron chi connectivity index (χ4n) is 5.26. The smallest absolute Gasteiger partial charge is 0.314 e. The number of nitro groups is 2. The Balaban J connectivity index is 0.000000211. The fraction of sp³-hybridized carbons (Fsp3) is 0.556. The SMILES string of the molecule is C.O=CCCCC=O.O=[N+]([O-])/C=C1\NCCN1Cc1cnc(Cl)s1.O=[N+]([O-])C1=C2N(Cc3cnc(Cl)s3)CCN2[C@H]2CCC[C@@H]1O2. The number of fused-ring (bicyclic) bond motifs is 4. The Morgan fingerprint density at radius 2 is 1.61 bits per heavy atom. The zero-order valence-corrected chi connectivity index (χ0v) is 27.2. The minimum atomic E-state index is -0.458. The maximum absolute atomic E-state index is 11.6. The average molecular weight is 720 g/mol. The monoisotopic (exact) mass is 718 g/mol. The van der Waals surface area contributed by atoms with Crippen LogP contribution in [0.2, 0.25) is 8.93 Å². The number of hydrogen-bond donors (Lipinski definition) is 1. The van der Waals surface area contributed by atoms with E-state index in [1.54, 1.807) is 12.4 Å². The zero-order chi connectivity index (χ0) is 32.3. The third-order valence-corrected chi connectivity index (χ3v) is 9.34. The van der Waals surface area contributed by atoms with Crippen LogP contribution >= 0.6 is 45.9 Å². The number of thiazole rings is 2. The molecule has 0 amide bonds. The van der Waals surface area contributed by atoms with Crippen LogP contribution in [-0.4, -0.2) is 85.6 Å². The van der Waals surface area contributed by atoms with E-state index in [9.17, 15) is 29.8 Å². The molecule has 4 aliphatic heterocycles. The van der Waals surface area contributed by atoms with Crippen molar-refractivity contribution in [3.05, 3.63) is 74.8 Å². The first-order chi connectivity index (χ1) is 21.7. The van der Waals surface area contributed by atoms with Crippen molar-refractivity contribution in [1.82, 2.24) is 30.0 Å². The van der Waals surface area contributed by atoms with Gasteiger partial charge in [-0.3, -0.25) is 20.2 Å². The molecule has 0 radical (unpaired) electrons. The number of rotatable bonds is 10. The van der Waals surface area contributed by atoms with Gasteiger partial charge in [-0.1, -0.05) is 30.6 Å². The van der Waals surface area contributed by atoms with E-state index in [2.05, 4.69) is 25.1 Å². The number of carbonyl (C=O) groups excluding carboxylic acids is 2. The minimum absolute atomic E-state index is 0. The summed E-state index contributed by atoms with van der Waals surface area (Å²) in [7, 11) is 0. The molecule has 4 aliphatic rings. The zero-order valence-electron chi connectivity index (χ0n) is 24.1. The van der Waals surface area contributed by atoms with E-state index in [1.165, 1.54) is 22.7 Å². The highest BCUT2D eigenvalue weighted by atomic mass is 35.5. The predicted molar refractivity (Wildman–Crippen MR) is 174 cm³/mol. The summed E-state index contributed by atoms with van der Waals surface area (Å²) in [5.41, 5.74) is 0.212. The lowest BCUT2D eigenvalue weighted by atomic mass is 10.0. The Morgan fingerprint density at radius 3 is 2.15 bits per heavy atom. The van der Waals surface area contributed by atoms with E-state index in [0.717, 1.165) is 73.2 Å². The van der Waals surface area contributed by atoms with Crippen LogP contribution in [0.25, 0.3) is 0 Å². The standard InChI is InChI=1S/C13H15ClN4O3S.C8H9ClN4O2S.C5H8O2.CH4/c14-13-15-6-8(22-13)7-16-4-5-17-10-3-1-2-9(21-10)11(12(16)17)18(19)20;9-8-11-3-6(16-8)4-12-2-1-10-7(12)5-13(14)15;6-4-2-1-3-5-7;/h6,9-10H,1-5,7H2;3,5,10H,1-2,4H2;4-5H,1-3H2;1H4/b;7-5+;;/t9-,10+;;;/m0.../s1. The molecule has 46 heavy (non-hydrogen) atoms. The van der Waals surface area contributed by atoms with Crippen molar-refractivity contribution in [2.45, 2.75) is 71.4 Å². The lowest BCUT2D eigenvalue weighted by Crippen LogP contribution is -2.48. The molecule has 19 heteroatoms. The quantitative estimate of drug-likeness (QED) is 0.154. The van der Waals surface area contributed by atoms with Crippen molar-refractivity contribution in [1.29, 1.82) is 0 Å². The Kier molecular flexibility index (Phi) is 14.6. The van der Waals surface area contributed by atoms with E-state index in [-0.39, 0.29) is 30.4 Å². The summed E-state index contributed by atoms with van der Waals surface area (Å²) in [5.74, 6) is 1.27. The van der Waals surface area contributed by atoms with Crippen molar-refractivity contribution in [2.75, 3.05) is 26.2 Å². The molecule has 0 aromatic carbocycles. The molecule has 2 atom stereocenters. The Hall–Kier alpha value is -3.38. The second kappa shape index (κ2) is 18.1. The summed E-state index contributed by atoms with van der Waals surface area (Å²) >= 11 is 14.4. The first-order valence-corrected chi connectivity index (χ1v) is 16.6. The molecular formula is C27H36Cl2N8O7S2. The molecule has 3 fully saturated rings. The molecule has 2 bridgehead atoms. The molecule has 252 valence electrons. The van der Waals surface area contributed by atoms with Gasteiger partial charge in [0, 0.05) is 61.2 Å². The van der Waals surface area contributed by atoms with Crippen LogP contribution in [0.3, 0.4) is 0 Å². The van der Waals surface area contributed by atoms with Crippen LogP contribution in [0.1, 0.15) is 55.7 Å². The van der Waals surface area contributed by atoms with Gasteiger partial charge >= 0.3 is 5.70 Å². The molecular weight excluding hydrogens is 683 g/mol. The maximum Gasteiger partial charge on any atom is 0.314 e. The largest absolute Gasteiger partial charge is 0.365 e. The fourth-order valence-corrected chi connectivity index (χ4v) is 7.25. The first kappa shape index (κ1) is 37.1. The number of carbonyl (C=O) groups is 2. The number of nitrogens with one attached hydrogen (secondary N) is 1. The van der Waals surface area contributed by atoms with Crippen molar-refractivity contribution >= 4 is 58.4 Å². The normalized spacial score (nSPS) is 20.5. The first-order valence-electron chi connectivity index (χ1n) is 14.2. The number of unbranched alkanes of at least 4 members (excludes halogenated alkanes) is 2. The van der Waals surface area contributed by atoms with Crippen molar-refractivity contribution in [3.63, 3.8) is 0 Å². The molecule has 2 aromatic heterocycles. The number of halogens is 2. The number of hydrogen-bond acceptors (Lipinski definition) is 15. The third-order valence-electron chi connectivity index (χ3n) is 7.14. The Bertz CT molecular complexity index is 1410. The summed E-state index contributed by atoms with van der Waals surface area (Å²) in [6.45, 7) is 4.18. The van der Waals surface area contributed by atoms with Gasteiger partial charge in [0.2, 0.25) is 0 Å².